The Kier molecular flexibility index (Phi) is 5.38. The second kappa shape index (κ2) is 6.80. The molecule has 1 unspecified atom stereocenters. The Bertz CT molecular complexity index is 431. The van der Waals surface area contributed by atoms with Gasteiger partial charge in [-0.05, 0) is 25.8 Å². The van der Waals surface area contributed by atoms with Gasteiger partial charge in [0.15, 0.2) is 0 Å². The molecule has 0 aromatic heterocycles. The Morgan fingerprint density at radius 3 is 2.56 bits per heavy atom. The maximum Gasteiger partial charge on any atom is 0.222 e. The van der Waals surface area contributed by atoms with Crippen molar-refractivity contribution in [2.24, 2.45) is 0 Å². The summed E-state index contributed by atoms with van der Waals surface area (Å²) in [6.45, 7) is 3.94. The SMILES string of the molecule is Cc1ccc(CCC(=O)N(C)C(C)CC#N)cc1. The second-order valence-corrected chi connectivity index (χ2v) is 4.70. The van der Waals surface area contributed by atoms with E-state index < -0.39 is 0 Å². The fraction of sp³-hybridized carbons (Fsp3) is 0.467. The number of hydrogen-bond acceptors (Lipinski definition) is 2. The summed E-state index contributed by atoms with van der Waals surface area (Å²) in [5.74, 6) is 0.0957. The molecule has 0 saturated heterocycles. The number of benzene rings is 1. The lowest BCUT2D eigenvalue weighted by Gasteiger charge is -2.22. The van der Waals surface area contributed by atoms with Gasteiger partial charge in [-0.15, -0.1) is 0 Å². The van der Waals surface area contributed by atoms with Crippen LogP contribution >= 0.6 is 0 Å². The van der Waals surface area contributed by atoms with E-state index in [2.05, 4.69) is 30.3 Å². The Morgan fingerprint density at radius 1 is 1.39 bits per heavy atom. The number of amides is 1. The molecule has 3 nitrogen and oxygen atoms in total. The summed E-state index contributed by atoms with van der Waals surface area (Å²) in [7, 11) is 1.76. The largest absolute Gasteiger partial charge is 0.342 e. The quantitative estimate of drug-likeness (QED) is 0.799. The van der Waals surface area contributed by atoms with E-state index in [1.54, 1.807) is 11.9 Å². The molecule has 0 aliphatic rings. The number of carbonyl (C=O) groups is 1. The average Bonchev–Trinajstić information content (AvgIpc) is 2.37. The van der Waals surface area contributed by atoms with Gasteiger partial charge in [-0.25, -0.2) is 0 Å². The third-order valence-electron chi connectivity index (χ3n) is 3.19. The molecule has 96 valence electrons. The number of aryl methyl sites for hydroxylation is 2. The molecule has 0 spiro atoms. The molecule has 0 bridgehead atoms. The van der Waals surface area contributed by atoms with Gasteiger partial charge in [0, 0.05) is 19.5 Å². The van der Waals surface area contributed by atoms with Gasteiger partial charge in [-0.2, -0.15) is 5.26 Å². The number of carbonyl (C=O) groups excluding carboxylic acids is 1. The van der Waals surface area contributed by atoms with E-state index >= 15 is 0 Å². The van der Waals surface area contributed by atoms with Gasteiger partial charge in [0.1, 0.15) is 0 Å². The van der Waals surface area contributed by atoms with Crippen LogP contribution in [0.4, 0.5) is 0 Å². The van der Waals surface area contributed by atoms with E-state index in [9.17, 15) is 4.79 Å². The van der Waals surface area contributed by atoms with Crippen LogP contribution < -0.4 is 0 Å². The molecule has 0 aliphatic heterocycles. The lowest BCUT2D eigenvalue weighted by atomic mass is 10.1. The highest BCUT2D eigenvalue weighted by Crippen LogP contribution is 2.08. The lowest BCUT2D eigenvalue weighted by molar-refractivity contribution is -0.131. The normalized spacial score (nSPS) is 11.7. The fourth-order valence-electron chi connectivity index (χ4n) is 1.70. The van der Waals surface area contributed by atoms with Crippen molar-refractivity contribution >= 4 is 5.91 Å². The summed E-state index contributed by atoms with van der Waals surface area (Å²) in [5, 5.41) is 8.61. The minimum atomic E-state index is -0.0134. The van der Waals surface area contributed by atoms with E-state index in [0.717, 1.165) is 6.42 Å². The van der Waals surface area contributed by atoms with Crippen molar-refractivity contribution < 1.29 is 4.79 Å². The van der Waals surface area contributed by atoms with Crippen LogP contribution in [0, 0.1) is 18.3 Å². The molecule has 0 saturated carbocycles. The molecular formula is C15H20N2O. The Hall–Kier alpha value is -1.82. The van der Waals surface area contributed by atoms with E-state index in [0.29, 0.717) is 12.8 Å². The number of rotatable bonds is 5. The van der Waals surface area contributed by atoms with Crippen molar-refractivity contribution in [1.29, 1.82) is 5.26 Å². The van der Waals surface area contributed by atoms with Crippen LogP contribution in [0.15, 0.2) is 24.3 Å². The molecule has 0 aliphatic carbocycles. The highest BCUT2D eigenvalue weighted by molar-refractivity contribution is 5.76. The van der Waals surface area contributed by atoms with Crippen molar-refractivity contribution in [3.63, 3.8) is 0 Å². The lowest BCUT2D eigenvalue weighted by Crippen LogP contribution is -2.34. The zero-order chi connectivity index (χ0) is 13.5. The van der Waals surface area contributed by atoms with Gasteiger partial charge in [0.25, 0.3) is 0 Å². The third kappa shape index (κ3) is 4.21. The van der Waals surface area contributed by atoms with E-state index in [4.69, 9.17) is 5.26 Å². The number of hydrogen-bond donors (Lipinski definition) is 0. The molecule has 0 radical (unpaired) electrons. The Labute approximate surface area is 109 Å². The summed E-state index contributed by atoms with van der Waals surface area (Å²) in [6, 6.07) is 10.3. The molecule has 1 aromatic rings. The molecule has 1 atom stereocenters. The van der Waals surface area contributed by atoms with Gasteiger partial charge in [0.05, 0.1) is 12.5 Å². The number of nitrogens with zero attached hydrogens (tertiary/aromatic N) is 2. The summed E-state index contributed by atoms with van der Waals surface area (Å²) < 4.78 is 0. The smallest absolute Gasteiger partial charge is 0.222 e. The first-order valence-corrected chi connectivity index (χ1v) is 6.22. The zero-order valence-electron chi connectivity index (χ0n) is 11.3. The molecule has 0 fully saturated rings. The minimum Gasteiger partial charge on any atom is -0.342 e. The van der Waals surface area contributed by atoms with Crippen LogP contribution in [-0.2, 0) is 11.2 Å². The van der Waals surface area contributed by atoms with E-state index in [1.165, 1.54) is 11.1 Å². The first-order valence-electron chi connectivity index (χ1n) is 6.22. The van der Waals surface area contributed by atoms with Gasteiger partial charge >= 0.3 is 0 Å². The first-order chi connectivity index (χ1) is 8.54. The van der Waals surface area contributed by atoms with Crippen LogP contribution in [-0.4, -0.2) is 23.9 Å². The van der Waals surface area contributed by atoms with Gasteiger partial charge < -0.3 is 4.90 Å². The van der Waals surface area contributed by atoms with Gasteiger partial charge in [-0.1, -0.05) is 29.8 Å². The topological polar surface area (TPSA) is 44.1 Å². The molecular weight excluding hydrogens is 224 g/mol. The molecule has 18 heavy (non-hydrogen) atoms. The molecule has 0 N–H and O–H groups in total. The van der Waals surface area contributed by atoms with Crippen LogP contribution in [0.3, 0.4) is 0 Å². The van der Waals surface area contributed by atoms with Crippen LogP contribution in [0.2, 0.25) is 0 Å². The maximum atomic E-state index is 11.9. The maximum absolute atomic E-state index is 11.9. The van der Waals surface area contributed by atoms with Crippen LogP contribution in [0.5, 0.6) is 0 Å². The fourth-order valence-corrected chi connectivity index (χ4v) is 1.70. The predicted octanol–water partition coefficient (Wildman–Crippen LogP) is 2.69. The first kappa shape index (κ1) is 14.2. The van der Waals surface area contributed by atoms with Crippen molar-refractivity contribution in [2.45, 2.75) is 39.2 Å². The standard InChI is InChI=1S/C15H20N2O/c1-12-4-6-14(7-5-12)8-9-15(18)17(3)13(2)10-11-16/h4-7,13H,8-10H2,1-3H3. The molecule has 1 rings (SSSR count). The molecule has 3 heteroatoms. The summed E-state index contributed by atoms with van der Waals surface area (Å²) in [4.78, 5) is 13.6. The van der Waals surface area contributed by atoms with Gasteiger partial charge in [-0.3, -0.25) is 4.79 Å². The zero-order valence-corrected chi connectivity index (χ0v) is 11.3. The highest BCUT2D eigenvalue weighted by Gasteiger charge is 2.14. The second-order valence-electron chi connectivity index (χ2n) is 4.70. The van der Waals surface area contributed by atoms with Crippen molar-refractivity contribution in [3.8, 4) is 6.07 Å². The highest BCUT2D eigenvalue weighted by atomic mass is 16.2. The van der Waals surface area contributed by atoms with Crippen LogP contribution in [0.1, 0.15) is 30.9 Å². The third-order valence-corrected chi connectivity index (χ3v) is 3.19. The monoisotopic (exact) mass is 244 g/mol. The summed E-state index contributed by atoms with van der Waals surface area (Å²) in [6.07, 6.45) is 1.63. The average molecular weight is 244 g/mol. The molecule has 0 heterocycles. The predicted molar refractivity (Wildman–Crippen MR) is 72.0 cm³/mol. The summed E-state index contributed by atoms with van der Waals surface area (Å²) in [5.41, 5.74) is 2.40. The van der Waals surface area contributed by atoms with Crippen LogP contribution in [0.25, 0.3) is 0 Å². The van der Waals surface area contributed by atoms with Gasteiger partial charge in [0.2, 0.25) is 5.91 Å². The van der Waals surface area contributed by atoms with Crippen molar-refractivity contribution in [2.75, 3.05) is 7.05 Å². The number of nitriles is 1. The Morgan fingerprint density at radius 2 is 2.00 bits per heavy atom. The van der Waals surface area contributed by atoms with Crippen molar-refractivity contribution in [1.82, 2.24) is 4.90 Å². The molecule has 1 amide bonds. The molecule has 1 aromatic carbocycles. The van der Waals surface area contributed by atoms with E-state index in [1.807, 2.05) is 13.8 Å². The Balaban J connectivity index is 2.46. The van der Waals surface area contributed by atoms with E-state index in [-0.39, 0.29) is 11.9 Å². The summed E-state index contributed by atoms with van der Waals surface area (Å²) >= 11 is 0. The van der Waals surface area contributed by atoms with Crippen molar-refractivity contribution in [3.05, 3.63) is 35.4 Å². The minimum absolute atomic E-state index is 0.0134.